The number of hydrogen-bond acceptors (Lipinski definition) is 5. The Morgan fingerprint density at radius 3 is 2.60 bits per heavy atom. The fourth-order valence-corrected chi connectivity index (χ4v) is 2.11. The number of carbonyl (C=O) groups is 1. The molecule has 0 unspecified atom stereocenters. The van der Waals surface area contributed by atoms with E-state index in [9.17, 15) is 4.79 Å². The second kappa shape index (κ2) is 6.11. The van der Waals surface area contributed by atoms with Crippen LogP contribution in [0.2, 0.25) is 0 Å². The molecule has 0 bridgehead atoms. The summed E-state index contributed by atoms with van der Waals surface area (Å²) in [5, 5.41) is 2.82. The van der Waals surface area contributed by atoms with Crippen molar-refractivity contribution in [3.8, 4) is 11.5 Å². The Kier molecular flexibility index (Phi) is 4.46. The molecule has 1 heterocycles. The van der Waals surface area contributed by atoms with E-state index in [1.165, 1.54) is 7.11 Å². The minimum Gasteiger partial charge on any atom is -0.497 e. The second-order valence-electron chi connectivity index (χ2n) is 4.79. The summed E-state index contributed by atoms with van der Waals surface area (Å²) in [5.41, 5.74) is 5.83. The first-order chi connectivity index (χ1) is 9.59. The molecular weight excluding hydrogens is 260 g/mol. The SMILES string of the molecule is COc1ccc(NC(=O)C2(N)CCOCC2)c(OC)c1. The van der Waals surface area contributed by atoms with Crippen LogP contribution in [0.5, 0.6) is 11.5 Å². The number of methoxy groups -OCH3 is 2. The van der Waals surface area contributed by atoms with Crippen LogP contribution in [0.3, 0.4) is 0 Å². The van der Waals surface area contributed by atoms with Gasteiger partial charge in [0.05, 0.1) is 19.9 Å². The predicted octanol–water partition coefficient (Wildman–Crippen LogP) is 1.15. The average Bonchev–Trinajstić information content (AvgIpc) is 2.48. The van der Waals surface area contributed by atoms with Crippen LogP contribution in [0.1, 0.15) is 12.8 Å². The van der Waals surface area contributed by atoms with Crippen LogP contribution in [0.4, 0.5) is 5.69 Å². The van der Waals surface area contributed by atoms with Crippen LogP contribution in [-0.4, -0.2) is 38.9 Å². The highest BCUT2D eigenvalue weighted by Crippen LogP contribution is 2.30. The van der Waals surface area contributed by atoms with Gasteiger partial charge >= 0.3 is 0 Å². The lowest BCUT2D eigenvalue weighted by Gasteiger charge is -2.31. The van der Waals surface area contributed by atoms with Gasteiger partial charge in [-0.25, -0.2) is 0 Å². The molecule has 6 heteroatoms. The number of amides is 1. The lowest BCUT2D eigenvalue weighted by atomic mass is 9.90. The zero-order chi connectivity index (χ0) is 14.6. The van der Waals surface area contributed by atoms with Crippen molar-refractivity contribution >= 4 is 11.6 Å². The molecule has 0 aliphatic carbocycles. The average molecular weight is 280 g/mol. The van der Waals surface area contributed by atoms with Gasteiger partial charge in [-0.3, -0.25) is 4.79 Å². The molecule has 0 radical (unpaired) electrons. The first-order valence-corrected chi connectivity index (χ1v) is 6.49. The first kappa shape index (κ1) is 14.6. The van der Waals surface area contributed by atoms with Crippen molar-refractivity contribution in [2.24, 2.45) is 5.73 Å². The van der Waals surface area contributed by atoms with Gasteiger partial charge in [0.15, 0.2) is 0 Å². The van der Waals surface area contributed by atoms with Gasteiger partial charge in [0.25, 0.3) is 0 Å². The van der Waals surface area contributed by atoms with Crippen molar-refractivity contribution in [3.63, 3.8) is 0 Å². The summed E-state index contributed by atoms with van der Waals surface area (Å²) in [6.45, 7) is 1.01. The molecule has 0 saturated carbocycles. The van der Waals surface area contributed by atoms with Crippen LogP contribution in [-0.2, 0) is 9.53 Å². The van der Waals surface area contributed by atoms with Crippen molar-refractivity contribution in [2.75, 3.05) is 32.8 Å². The van der Waals surface area contributed by atoms with Gasteiger partial charge in [-0.15, -0.1) is 0 Å². The van der Waals surface area contributed by atoms with Gasteiger partial charge in [0, 0.05) is 19.3 Å². The van der Waals surface area contributed by atoms with E-state index >= 15 is 0 Å². The van der Waals surface area contributed by atoms with Gasteiger partial charge in [-0.1, -0.05) is 0 Å². The summed E-state index contributed by atoms with van der Waals surface area (Å²) in [7, 11) is 3.11. The number of anilines is 1. The Hall–Kier alpha value is -1.79. The van der Waals surface area contributed by atoms with Crippen LogP contribution >= 0.6 is 0 Å². The maximum atomic E-state index is 12.3. The molecule has 2 rings (SSSR count). The van der Waals surface area contributed by atoms with Crippen LogP contribution in [0.25, 0.3) is 0 Å². The van der Waals surface area contributed by atoms with Crippen molar-refractivity contribution in [3.05, 3.63) is 18.2 Å². The van der Waals surface area contributed by atoms with E-state index in [-0.39, 0.29) is 5.91 Å². The molecule has 1 amide bonds. The van der Waals surface area contributed by atoms with E-state index in [0.717, 1.165) is 0 Å². The number of rotatable bonds is 4. The van der Waals surface area contributed by atoms with Gasteiger partial charge in [-0.2, -0.15) is 0 Å². The standard InChI is InChI=1S/C14H20N2O4/c1-18-10-3-4-11(12(9-10)19-2)16-13(17)14(15)5-7-20-8-6-14/h3-4,9H,5-8,15H2,1-2H3,(H,16,17). The first-order valence-electron chi connectivity index (χ1n) is 6.49. The summed E-state index contributed by atoms with van der Waals surface area (Å²) >= 11 is 0. The Balaban J connectivity index is 2.14. The molecular formula is C14H20N2O4. The zero-order valence-electron chi connectivity index (χ0n) is 11.8. The third-order valence-corrected chi connectivity index (χ3v) is 3.49. The molecule has 1 fully saturated rings. The third kappa shape index (κ3) is 3.02. The van der Waals surface area contributed by atoms with E-state index < -0.39 is 5.54 Å². The molecule has 0 aromatic heterocycles. The van der Waals surface area contributed by atoms with Crippen molar-refractivity contribution in [1.82, 2.24) is 0 Å². The molecule has 1 aromatic rings. The lowest BCUT2D eigenvalue weighted by Crippen LogP contribution is -2.54. The minimum atomic E-state index is -0.886. The number of nitrogens with one attached hydrogen (secondary N) is 1. The Morgan fingerprint density at radius 2 is 2.00 bits per heavy atom. The summed E-state index contributed by atoms with van der Waals surface area (Å²) in [5.74, 6) is 0.978. The predicted molar refractivity (Wildman–Crippen MR) is 75.1 cm³/mol. The van der Waals surface area contributed by atoms with Crippen molar-refractivity contribution in [2.45, 2.75) is 18.4 Å². The smallest absolute Gasteiger partial charge is 0.244 e. The highest BCUT2D eigenvalue weighted by Gasteiger charge is 2.36. The van der Waals surface area contributed by atoms with E-state index in [0.29, 0.717) is 43.2 Å². The van der Waals surface area contributed by atoms with Crippen LogP contribution in [0, 0.1) is 0 Å². The fraction of sp³-hybridized carbons (Fsp3) is 0.500. The monoisotopic (exact) mass is 280 g/mol. The van der Waals surface area contributed by atoms with Gasteiger partial charge in [0.2, 0.25) is 5.91 Å². The summed E-state index contributed by atoms with van der Waals surface area (Å²) in [6, 6.07) is 5.20. The van der Waals surface area contributed by atoms with Gasteiger partial charge in [0.1, 0.15) is 17.0 Å². The number of carbonyl (C=O) groups excluding carboxylic acids is 1. The normalized spacial score (nSPS) is 17.4. The highest BCUT2D eigenvalue weighted by molar-refractivity contribution is 5.99. The number of benzene rings is 1. The van der Waals surface area contributed by atoms with E-state index in [2.05, 4.69) is 5.32 Å². The quantitative estimate of drug-likeness (QED) is 0.864. The summed E-state index contributed by atoms with van der Waals surface area (Å²) in [4.78, 5) is 12.3. The molecule has 6 nitrogen and oxygen atoms in total. The Morgan fingerprint density at radius 1 is 1.30 bits per heavy atom. The third-order valence-electron chi connectivity index (χ3n) is 3.49. The summed E-state index contributed by atoms with van der Waals surface area (Å²) < 4.78 is 15.6. The second-order valence-corrected chi connectivity index (χ2v) is 4.79. The molecule has 20 heavy (non-hydrogen) atoms. The van der Waals surface area contributed by atoms with Gasteiger partial charge in [-0.05, 0) is 25.0 Å². The Bertz CT molecular complexity index is 484. The van der Waals surface area contributed by atoms with E-state index in [1.54, 1.807) is 25.3 Å². The maximum absolute atomic E-state index is 12.3. The number of hydrogen-bond donors (Lipinski definition) is 2. The number of nitrogens with two attached hydrogens (primary N) is 1. The zero-order valence-corrected chi connectivity index (χ0v) is 11.8. The molecule has 3 N–H and O–H groups in total. The molecule has 1 aromatic carbocycles. The topological polar surface area (TPSA) is 82.8 Å². The van der Waals surface area contributed by atoms with E-state index in [1.807, 2.05) is 0 Å². The molecule has 0 atom stereocenters. The molecule has 0 spiro atoms. The van der Waals surface area contributed by atoms with Crippen molar-refractivity contribution in [1.29, 1.82) is 0 Å². The minimum absolute atomic E-state index is 0.218. The maximum Gasteiger partial charge on any atom is 0.244 e. The Labute approximate surface area is 118 Å². The lowest BCUT2D eigenvalue weighted by molar-refractivity contribution is -0.124. The molecule has 1 saturated heterocycles. The fourth-order valence-electron chi connectivity index (χ4n) is 2.11. The van der Waals surface area contributed by atoms with Gasteiger partial charge < -0.3 is 25.3 Å². The number of ether oxygens (including phenoxy) is 3. The highest BCUT2D eigenvalue weighted by atomic mass is 16.5. The van der Waals surface area contributed by atoms with E-state index in [4.69, 9.17) is 19.9 Å². The van der Waals surface area contributed by atoms with Crippen LogP contribution in [0.15, 0.2) is 18.2 Å². The molecule has 1 aliphatic rings. The van der Waals surface area contributed by atoms with Crippen LogP contribution < -0.4 is 20.5 Å². The largest absolute Gasteiger partial charge is 0.497 e. The van der Waals surface area contributed by atoms with Crippen molar-refractivity contribution < 1.29 is 19.0 Å². The molecule has 110 valence electrons. The molecule has 1 aliphatic heterocycles. The summed E-state index contributed by atoms with van der Waals surface area (Å²) in [6.07, 6.45) is 1.02.